The quantitative estimate of drug-likeness (QED) is 0.787. The normalized spacial score (nSPS) is 22.2. The van der Waals surface area contributed by atoms with Crippen molar-refractivity contribution in [3.8, 4) is 0 Å². The first-order chi connectivity index (χ1) is 6.27. The molecule has 13 heavy (non-hydrogen) atoms. The number of hydrogen-bond donors (Lipinski definition) is 1. The second kappa shape index (κ2) is 4.15. The minimum absolute atomic E-state index is 0.658. The first kappa shape index (κ1) is 9.74. The Labute approximate surface area is 97.0 Å². The summed E-state index contributed by atoms with van der Waals surface area (Å²) < 4.78 is 1.33. The van der Waals surface area contributed by atoms with Gasteiger partial charge in [0.1, 0.15) is 0 Å². The van der Waals surface area contributed by atoms with Crippen molar-refractivity contribution in [1.29, 1.82) is 0 Å². The van der Waals surface area contributed by atoms with E-state index in [1.54, 1.807) is 0 Å². The van der Waals surface area contributed by atoms with Gasteiger partial charge in [0.2, 0.25) is 0 Å². The predicted molar refractivity (Wildman–Crippen MR) is 64.4 cm³/mol. The van der Waals surface area contributed by atoms with Crippen LogP contribution in [0.5, 0.6) is 0 Å². The van der Waals surface area contributed by atoms with Crippen LogP contribution in [0.25, 0.3) is 0 Å². The molecule has 1 atom stereocenters. The van der Waals surface area contributed by atoms with E-state index in [1.165, 1.54) is 15.6 Å². The lowest BCUT2D eigenvalue weighted by Gasteiger charge is -2.11. The van der Waals surface area contributed by atoms with Crippen molar-refractivity contribution in [2.75, 3.05) is 13.1 Å². The van der Waals surface area contributed by atoms with Gasteiger partial charge in [-0.05, 0) is 65.2 Å². The fraction of sp³-hybridized carbons (Fsp3) is 0.400. The summed E-state index contributed by atoms with van der Waals surface area (Å²) in [7, 11) is 0. The topological polar surface area (TPSA) is 12.0 Å². The number of nitrogens with one attached hydrogen (secondary N) is 1. The molecular weight excluding hydrogens is 296 g/mol. The highest BCUT2D eigenvalue weighted by molar-refractivity contribution is 14.1. The molecular formula is C10H11ClIN. The SMILES string of the molecule is Clc1ccc(I)c([C@H]2CCNC2)c1. The number of benzene rings is 1. The third-order valence-electron chi connectivity index (χ3n) is 2.46. The van der Waals surface area contributed by atoms with Crippen LogP contribution in [0.2, 0.25) is 5.02 Å². The number of rotatable bonds is 1. The Hall–Kier alpha value is 0.200. The van der Waals surface area contributed by atoms with Crippen LogP contribution in [0.1, 0.15) is 17.9 Å². The number of halogens is 2. The zero-order valence-corrected chi connectivity index (χ0v) is 10.1. The molecule has 1 aliphatic heterocycles. The van der Waals surface area contributed by atoms with Gasteiger partial charge in [-0.15, -0.1) is 0 Å². The van der Waals surface area contributed by atoms with E-state index in [4.69, 9.17) is 11.6 Å². The summed E-state index contributed by atoms with van der Waals surface area (Å²) in [5.41, 5.74) is 1.40. The van der Waals surface area contributed by atoms with E-state index in [0.29, 0.717) is 5.92 Å². The van der Waals surface area contributed by atoms with Crippen molar-refractivity contribution >= 4 is 34.2 Å². The Kier molecular flexibility index (Phi) is 3.11. The molecule has 0 bridgehead atoms. The Balaban J connectivity index is 2.32. The third-order valence-corrected chi connectivity index (χ3v) is 3.68. The van der Waals surface area contributed by atoms with E-state index in [1.807, 2.05) is 6.07 Å². The van der Waals surface area contributed by atoms with Gasteiger partial charge in [0.25, 0.3) is 0 Å². The average Bonchev–Trinajstić information content (AvgIpc) is 2.61. The van der Waals surface area contributed by atoms with Crippen molar-refractivity contribution in [2.45, 2.75) is 12.3 Å². The lowest BCUT2D eigenvalue weighted by Crippen LogP contribution is -2.08. The molecule has 1 aromatic rings. The zero-order valence-electron chi connectivity index (χ0n) is 7.19. The zero-order chi connectivity index (χ0) is 9.26. The molecule has 2 rings (SSSR count). The highest BCUT2D eigenvalue weighted by Crippen LogP contribution is 2.28. The van der Waals surface area contributed by atoms with Gasteiger partial charge in [0.05, 0.1) is 0 Å². The van der Waals surface area contributed by atoms with Crippen molar-refractivity contribution in [1.82, 2.24) is 5.32 Å². The first-order valence-electron chi connectivity index (χ1n) is 4.43. The monoisotopic (exact) mass is 307 g/mol. The lowest BCUT2D eigenvalue weighted by molar-refractivity contribution is 0.759. The van der Waals surface area contributed by atoms with E-state index in [0.717, 1.165) is 18.1 Å². The highest BCUT2D eigenvalue weighted by atomic mass is 127. The minimum atomic E-state index is 0.658. The van der Waals surface area contributed by atoms with Crippen LogP contribution in [0.4, 0.5) is 0 Å². The molecule has 70 valence electrons. The summed E-state index contributed by atoms with van der Waals surface area (Å²) in [6.45, 7) is 2.23. The summed E-state index contributed by atoms with van der Waals surface area (Å²) >= 11 is 8.35. The maximum Gasteiger partial charge on any atom is 0.0409 e. The predicted octanol–water partition coefficient (Wildman–Crippen LogP) is 3.02. The molecule has 0 amide bonds. The molecule has 0 spiro atoms. The Morgan fingerprint density at radius 2 is 2.31 bits per heavy atom. The Morgan fingerprint density at radius 1 is 1.46 bits per heavy atom. The van der Waals surface area contributed by atoms with Crippen LogP contribution in [0.3, 0.4) is 0 Å². The molecule has 0 saturated carbocycles. The van der Waals surface area contributed by atoms with E-state index in [9.17, 15) is 0 Å². The average molecular weight is 308 g/mol. The molecule has 0 aliphatic carbocycles. The lowest BCUT2D eigenvalue weighted by atomic mass is 9.99. The summed E-state index contributed by atoms with van der Waals surface area (Å²) in [5.74, 6) is 0.658. The van der Waals surface area contributed by atoms with Crippen molar-refractivity contribution in [3.05, 3.63) is 32.4 Å². The molecule has 1 N–H and O–H groups in total. The van der Waals surface area contributed by atoms with E-state index in [-0.39, 0.29) is 0 Å². The van der Waals surface area contributed by atoms with Crippen molar-refractivity contribution in [3.63, 3.8) is 0 Å². The Bertz CT molecular complexity index is 308. The third kappa shape index (κ3) is 2.17. The largest absolute Gasteiger partial charge is 0.316 e. The fourth-order valence-corrected chi connectivity index (χ4v) is 2.70. The summed E-state index contributed by atoms with van der Waals surface area (Å²) in [6, 6.07) is 6.15. The van der Waals surface area contributed by atoms with Gasteiger partial charge in [0.15, 0.2) is 0 Å². The second-order valence-corrected chi connectivity index (χ2v) is 4.95. The van der Waals surface area contributed by atoms with Gasteiger partial charge >= 0.3 is 0 Å². The molecule has 1 heterocycles. The van der Waals surface area contributed by atoms with Crippen LogP contribution in [-0.4, -0.2) is 13.1 Å². The molecule has 1 saturated heterocycles. The maximum absolute atomic E-state index is 5.97. The Morgan fingerprint density at radius 3 is 3.00 bits per heavy atom. The van der Waals surface area contributed by atoms with E-state index in [2.05, 4.69) is 40.0 Å². The molecule has 0 radical (unpaired) electrons. The van der Waals surface area contributed by atoms with Crippen LogP contribution in [0, 0.1) is 3.57 Å². The van der Waals surface area contributed by atoms with E-state index < -0.39 is 0 Å². The van der Waals surface area contributed by atoms with E-state index >= 15 is 0 Å². The molecule has 0 aromatic heterocycles. The number of hydrogen-bond acceptors (Lipinski definition) is 1. The second-order valence-electron chi connectivity index (χ2n) is 3.36. The maximum atomic E-state index is 5.97. The smallest absolute Gasteiger partial charge is 0.0409 e. The minimum Gasteiger partial charge on any atom is -0.316 e. The first-order valence-corrected chi connectivity index (χ1v) is 5.88. The van der Waals surface area contributed by atoms with Crippen LogP contribution in [-0.2, 0) is 0 Å². The van der Waals surface area contributed by atoms with Gasteiger partial charge in [-0.1, -0.05) is 11.6 Å². The molecule has 1 nitrogen and oxygen atoms in total. The fourth-order valence-electron chi connectivity index (χ4n) is 1.75. The molecule has 1 aromatic carbocycles. The molecule has 0 unspecified atom stereocenters. The van der Waals surface area contributed by atoms with Gasteiger partial charge < -0.3 is 5.32 Å². The molecule has 1 fully saturated rings. The van der Waals surface area contributed by atoms with Crippen molar-refractivity contribution < 1.29 is 0 Å². The van der Waals surface area contributed by atoms with Gasteiger partial charge in [0, 0.05) is 15.1 Å². The highest BCUT2D eigenvalue weighted by Gasteiger charge is 2.18. The summed E-state index contributed by atoms with van der Waals surface area (Å²) in [6.07, 6.45) is 1.23. The van der Waals surface area contributed by atoms with Gasteiger partial charge in [-0.2, -0.15) is 0 Å². The van der Waals surface area contributed by atoms with Gasteiger partial charge in [-0.25, -0.2) is 0 Å². The summed E-state index contributed by atoms with van der Waals surface area (Å²) in [4.78, 5) is 0. The standard InChI is InChI=1S/C10H11ClIN/c11-8-1-2-10(12)9(5-8)7-3-4-13-6-7/h1-2,5,7,13H,3-4,6H2/t7-/m0/s1. The molecule has 1 aliphatic rings. The van der Waals surface area contributed by atoms with Crippen LogP contribution in [0.15, 0.2) is 18.2 Å². The summed E-state index contributed by atoms with van der Waals surface area (Å²) in [5, 5.41) is 4.22. The molecule has 3 heteroatoms. The van der Waals surface area contributed by atoms with Crippen LogP contribution >= 0.6 is 34.2 Å². The van der Waals surface area contributed by atoms with Gasteiger partial charge in [-0.3, -0.25) is 0 Å². The van der Waals surface area contributed by atoms with Crippen LogP contribution < -0.4 is 5.32 Å². The van der Waals surface area contributed by atoms with Crippen molar-refractivity contribution in [2.24, 2.45) is 0 Å².